The zero-order valence-corrected chi connectivity index (χ0v) is 12.1. The first-order valence-electron chi connectivity index (χ1n) is 6.68. The standard InChI is InChI=1S/C16H17ClN2O/c1-2-6-14(12-7-4-3-5-8-12)19-16(20)15-11-13(17)9-10-18-15/h3-5,7-11,14H,2,6H2,1H3,(H,19,20). The predicted molar refractivity (Wildman–Crippen MR) is 80.8 cm³/mol. The lowest BCUT2D eigenvalue weighted by atomic mass is 10.0. The third-order valence-electron chi connectivity index (χ3n) is 3.04. The molecule has 3 nitrogen and oxygen atoms in total. The minimum Gasteiger partial charge on any atom is -0.344 e. The van der Waals surface area contributed by atoms with Gasteiger partial charge in [0, 0.05) is 11.2 Å². The van der Waals surface area contributed by atoms with Gasteiger partial charge in [0.15, 0.2) is 0 Å². The van der Waals surface area contributed by atoms with Crippen LogP contribution in [-0.4, -0.2) is 10.9 Å². The highest BCUT2D eigenvalue weighted by molar-refractivity contribution is 6.30. The summed E-state index contributed by atoms with van der Waals surface area (Å²) in [5.74, 6) is -0.199. The van der Waals surface area contributed by atoms with Gasteiger partial charge >= 0.3 is 0 Å². The van der Waals surface area contributed by atoms with Crippen molar-refractivity contribution in [3.63, 3.8) is 0 Å². The highest BCUT2D eigenvalue weighted by Crippen LogP contribution is 2.19. The third kappa shape index (κ3) is 3.81. The Morgan fingerprint density at radius 2 is 2.05 bits per heavy atom. The fourth-order valence-corrected chi connectivity index (χ4v) is 2.22. The van der Waals surface area contributed by atoms with Crippen LogP contribution in [0.3, 0.4) is 0 Å². The first-order chi connectivity index (χ1) is 9.70. The Morgan fingerprint density at radius 1 is 1.30 bits per heavy atom. The van der Waals surface area contributed by atoms with Crippen molar-refractivity contribution in [3.05, 3.63) is 64.9 Å². The van der Waals surface area contributed by atoms with Crippen LogP contribution in [0.2, 0.25) is 5.02 Å². The van der Waals surface area contributed by atoms with E-state index in [9.17, 15) is 4.79 Å². The molecule has 0 aliphatic carbocycles. The second-order valence-corrected chi connectivity index (χ2v) is 5.02. The van der Waals surface area contributed by atoms with Crippen molar-refractivity contribution < 1.29 is 4.79 Å². The molecular formula is C16H17ClN2O. The zero-order chi connectivity index (χ0) is 14.4. The van der Waals surface area contributed by atoms with Crippen molar-refractivity contribution in [2.45, 2.75) is 25.8 Å². The lowest BCUT2D eigenvalue weighted by Gasteiger charge is -2.18. The van der Waals surface area contributed by atoms with Gasteiger partial charge in [0.2, 0.25) is 0 Å². The fraction of sp³-hybridized carbons (Fsp3) is 0.250. The molecule has 0 spiro atoms. The van der Waals surface area contributed by atoms with Crippen LogP contribution in [0, 0.1) is 0 Å². The van der Waals surface area contributed by atoms with E-state index in [1.54, 1.807) is 12.1 Å². The molecule has 1 aromatic heterocycles. The van der Waals surface area contributed by atoms with Crippen LogP contribution in [0.15, 0.2) is 48.7 Å². The summed E-state index contributed by atoms with van der Waals surface area (Å²) in [6, 6.07) is 13.2. The molecule has 1 N–H and O–H groups in total. The SMILES string of the molecule is CCCC(NC(=O)c1cc(Cl)ccn1)c1ccccc1. The van der Waals surface area contributed by atoms with Crippen molar-refractivity contribution in [2.24, 2.45) is 0 Å². The Bertz CT molecular complexity index is 572. The highest BCUT2D eigenvalue weighted by atomic mass is 35.5. The number of rotatable bonds is 5. The molecule has 2 aromatic rings. The van der Waals surface area contributed by atoms with Crippen molar-refractivity contribution in [2.75, 3.05) is 0 Å². The maximum atomic E-state index is 12.2. The van der Waals surface area contributed by atoms with Crippen LogP contribution in [0.25, 0.3) is 0 Å². The fourth-order valence-electron chi connectivity index (χ4n) is 2.06. The van der Waals surface area contributed by atoms with Gasteiger partial charge in [-0.05, 0) is 24.1 Å². The van der Waals surface area contributed by atoms with E-state index >= 15 is 0 Å². The molecule has 0 fully saturated rings. The van der Waals surface area contributed by atoms with Gasteiger partial charge in [-0.3, -0.25) is 9.78 Å². The van der Waals surface area contributed by atoms with E-state index in [0.717, 1.165) is 18.4 Å². The van der Waals surface area contributed by atoms with Gasteiger partial charge in [-0.15, -0.1) is 0 Å². The average molecular weight is 289 g/mol. The number of hydrogen-bond donors (Lipinski definition) is 1. The van der Waals surface area contributed by atoms with Crippen molar-refractivity contribution >= 4 is 17.5 Å². The third-order valence-corrected chi connectivity index (χ3v) is 3.27. The average Bonchev–Trinajstić information content (AvgIpc) is 2.47. The van der Waals surface area contributed by atoms with Gasteiger partial charge in [0.1, 0.15) is 5.69 Å². The number of hydrogen-bond acceptors (Lipinski definition) is 2. The second-order valence-electron chi connectivity index (χ2n) is 4.58. The topological polar surface area (TPSA) is 42.0 Å². The Kier molecular flexibility index (Phi) is 5.13. The number of nitrogens with zero attached hydrogens (tertiary/aromatic N) is 1. The zero-order valence-electron chi connectivity index (χ0n) is 11.3. The molecule has 0 saturated carbocycles. The monoisotopic (exact) mass is 288 g/mol. The number of halogens is 1. The molecule has 0 radical (unpaired) electrons. The van der Waals surface area contributed by atoms with Gasteiger partial charge in [0.05, 0.1) is 6.04 Å². The van der Waals surface area contributed by atoms with Crippen molar-refractivity contribution in [1.82, 2.24) is 10.3 Å². The molecular weight excluding hydrogens is 272 g/mol. The Hall–Kier alpha value is -1.87. The van der Waals surface area contributed by atoms with Gasteiger partial charge in [-0.1, -0.05) is 55.3 Å². The number of aromatic nitrogens is 1. The van der Waals surface area contributed by atoms with Gasteiger partial charge < -0.3 is 5.32 Å². The molecule has 0 aliphatic rings. The second kappa shape index (κ2) is 7.06. The molecule has 1 atom stereocenters. The molecule has 1 amide bonds. The van der Waals surface area contributed by atoms with Crippen LogP contribution in [0.4, 0.5) is 0 Å². The molecule has 104 valence electrons. The van der Waals surface area contributed by atoms with Crippen LogP contribution in [-0.2, 0) is 0 Å². The molecule has 1 heterocycles. The lowest BCUT2D eigenvalue weighted by molar-refractivity contribution is 0.0929. The minimum atomic E-state index is -0.199. The van der Waals surface area contributed by atoms with E-state index in [1.807, 2.05) is 30.3 Å². The maximum absolute atomic E-state index is 12.2. The number of carbonyl (C=O) groups is 1. The van der Waals surface area contributed by atoms with Crippen LogP contribution in [0.1, 0.15) is 41.9 Å². The molecule has 0 bridgehead atoms. The van der Waals surface area contributed by atoms with Crippen LogP contribution < -0.4 is 5.32 Å². The molecule has 1 unspecified atom stereocenters. The van der Waals surface area contributed by atoms with Gasteiger partial charge in [-0.25, -0.2) is 0 Å². The van der Waals surface area contributed by atoms with Gasteiger partial charge in [0.25, 0.3) is 5.91 Å². The lowest BCUT2D eigenvalue weighted by Crippen LogP contribution is -2.29. The minimum absolute atomic E-state index is 0.00511. The van der Waals surface area contributed by atoms with Gasteiger partial charge in [-0.2, -0.15) is 0 Å². The summed E-state index contributed by atoms with van der Waals surface area (Å²) in [7, 11) is 0. The smallest absolute Gasteiger partial charge is 0.270 e. The van der Waals surface area contributed by atoms with Crippen molar-refractivity contribution in [3.8, 4) is 0 Å². The van der Waals surface area contributed by atoms with E-state index < -0.39 is 0 Å². The number of amides is 1. The van der Waals surface area contributed by atoms with E-state index in [2.05, 4.69) is 17.2 Å². The summed E-state index contributed by atoms with van der Waals surface area (Å²) in [5.41, 5.74) is 1.44. The number of nitrogens with one attached hydrogen (secondary N) is 1. The molecule has 0 saturated heterocycles. The largest absolute Gasteiger partial charge is 0.344 e. The number of pyridine rings is 1. The molecule has 4 heteroatoms. The molecule has 20 heavy (non-hydrogen) atoms. The molecule has 2 rings (SSSR count). The predicted octanol–water partition coefficient (Wildman–Crippen LogP) is 4.01. The normalized spacial score (nSPS) is 11.9. The van der Waals surface area contributed by atoms with Crippen molar-refractivity contribution in [1.29, 1.82) is 0 Å². The Balaban J connectivity index is 2.14. The summed E-state index contributed by atoms with van der Waals surface area (Å²) in [6.07, 6.45) is 3.41. The Labute approximate surface area is 124 Å². The summed E-state index contributed by atoms with van der Waals surface area (Å²) in [6.45, 7) is 2.10. The van der Waals surface area contributed by atoms with E-state index in [-0.39, 0.29) is 11.9 Å². The number of benzene rings is 1. The quantitative estimate of drug-likeness (QED) is 0.903. The number of carbonyl (C=O) groups excluding carboxylic acids is 1. The summed E-state index contributed by atoms with van der Waals surface area (Å²) >= 11 is 5.88. The first-order valence-corrected chi connectivity index (χ1v) is 7.06. The first kappa shape index (κ1) is 14.5. The van der Waals surface area contributed by atoms with Crippen LogP contribution >= 0.6 is 11.6 Å². The summed E-state index contributed by atoms with van der Waals surface area (Å²) in [5, 5.41) is 3.53. The van der Waals surface area contributed by atoms with E-state index in [4.69, 9.17) is 11.6 Å². The highest BCUT2D eigenvalue weighted by Gasteiger charge is 2.15. The van der Waals surface area contributed by atoms with E-state index in [1.165, 1.54) is 6.20 Å². The molecule has 1 aromatic carbocycles. The van der Waals surface area contributed by atoms with Crippen LogP contribution in [0.5, 0.6) is 0 Å². The Morgan fingerprint density at radius 3 is 2.70 bits per heavy atom. The summed E-state index contributed by atoms with van der Waals surface area (Å²) in [4.78, 5) is 16.3. The maximum Gasteiger partial charge on any atom is 0.270 e. The summed E-state index contributed by atoms with van der Waals surface area (Å²) < 4.78 is 0. The van der Waals surface area contributed by atoms with E-state index in [0.29, 0.717) is 10.7 Å². The molecule has 0 aliphatic heterocycles.